The highest BCUT2D eigenvalue weighted by molar-refractivity contribution is 7.89. The van der Waals surface area contributed by atoms with Crippen molar-refractivity contribution in [1.29, 1.82) is 0 Å². The number of rotatable bonds is 5. The minimum Gasteiger partial charge on any atom is -0.384 e. The summed E-state index contributed by atoms with van der Waals surface area (Å²) in [5, 5.41) is 0. The van der Waals surface area contributed by atoms with Gasteiger partial charge in [0.2, 0.25) is 15.9 Å². The van der Waals surface area contributed by atoms with E-state index in [-0.39, 0.29) is 11.7 Å². The van der Waals surface area contributed by atoms with Crippen molar-refractivity contribution in [2.75, 3.05) is 45.6 Å². The van der Waals surface area contributed by atoms with E-state index >= 15 is 0 Å². The maximum absolute atomic E-state index is 11.7. The van der Waals surface area contributed by atoms with Gasteiger partial charge < -0.3 is 9.64 Å². The number of nitrogens with zero attached hydrogens (tertiary/aromatic N) is 2. The zero-order valence-corrected chi connectivity index (χ0v) is 11.2. The first kappa shape index (κ1) is 14.4. The van der Waals surface area contributed by atoms with E-state index in [2.05, 4.69) is 0 Å². The average molecular weight is 264 g/mol. The topological polar surface area (TPSA) is 66.9 Å². The molecule has 1 saturated heterocycles. The fraction of sp³-hybridized carbons (Fsp3) is 0.900. The fourth-order valence-corrected chi connectivity index (χ4v) is 2.83. The third-order valence-electron chi connectivity index (χ3n) is 2.87. The first-order valence-electron chi connectivity index (χ1n) is 5.75. The van der Waals surface area contributed by atoms with E-state index < -0.39 is 10.0 Å². The summed E-state index contributed by atoms with van der Waals surface area (Å²) in [7, 11) is -1.56. The van der Waals surface area contributed by atoms with Crippen LogP contribution < -0.4 is 0 Å². The van der Waals surface area contributed by atoms with Crippen molar-refractivity contribution in [3.05, 3.63) is 0 Å². The number of ether oxygens (including phenoxy) is 1. The number of hydrogen-bond acceptors (Lipinski definition) is 4. The third kappa shape index (κ3) is 3.93. The van der Waals surface area contributed by atoms with E-state index in [4.69, 9.17) is 4.74 Å². The monoisotopic (exact) mass is 264 g/mol. The first-order chi connectivity index (χ1) is 8.01. The standard InChI is InChI=1S/C10H20N2O4S/c1-3-17(14,15)12-7-5-11(6-8-12)10(13)4-9-16-2/h3-9H2,1-2H3. The van der Waals surface area contributed by atoms with Gasteiger partial charge >= 0.3 is 0 Å². The van der Waals surface area contributed by atoms with Crippen LogP contribution in [0, 0.1) is 0 Å². The number of hydrogen-bond donors (Lipinski definition) is 0. The number of amides is 1. The largest absolute Gasteiger partial charge is 0.384 e. The van der Waals surface area contributed by atoms with Crippen molar-refractivity contribution >= 4 is 15.9 Å². The first-order valence-corrected chi connectivity index (χ1v) is 7.36. The third-order valence-corrected chi connectivity index (χ3v) is 4.75. The van der Waals surface area contributed by atoms with Crippen LogP contribution in [0.2, 0.25) is 0 Å². The lowest BCUT2D eigenvalue weighted by Crippen LogP contribution is -2.51. The van der Waals surface area contributed by atoms with Gasteiger partial charge in [-0.25, -0.2) is 8.42 Å². The van der Waals surface area contributed by atoms with Crippen LogP contribution in [0.3, 0.4) is 0 Å². The van der Waals surface area contributed by atoms with E-state index in [9.17, 15) is 13.2 Å². The molecule has 1 rings (SSSR count). The van der Waals surface area contributed by atoms with Crippen molar-refractivity contribution < 1.29 is 17.9 Å². The number of carbonyl (C=O) groups is 1. The molecule has 0 radical (unpaired) electrons. The number of sulfonamides is 1. The van der Waals surface area contributed by atoms with Crippen molar-refractivity contribution in [3.63, 3.8) is 0 Å². The molecular formula is C10H20N2O4S. The maximum Gasteiger partial charge on any atom is 0.224 e. The Kier molecular flexibility index (Phi) is 5.35. The highest BCUT2D eigenvalue weighted by atomic mass is 32.2. The van der Waals surface area contributed by atoms with Crippen LogP contribution in [0.15, 0.2) is 0 Å². The van der Waals surface area contributed by atoms with E-state index in [0.717, 1.165) is 0 Å². The molecule has 0 aromatic heterocycles. The lowest BCUT2D eigenvalue weighted by atomic mass is 10.3. The Morgan fingerprint density at radius 3 is 2.29 bits per heavy atom. The molecule has 7 heteroatoms. The summed E-state index contributed by atoms with van der Waals surface area (Å²) < 4.78 is 29.5. The molecule has 1 fully saturated rings. The summed E-state index contributed by atoms with van der Waals surface area (Å²) in [6, 6.07) is 0. The van der Waals surface area contributed by atoms with Crippen molar-refractivity contribution in [2.24, 2.45) is 0 Å². The van der Waals surface area contributed by atoms with Crippen molar-refractivity contribution in [2.45, 2.75) is 13.3 Å². The van der Waals surface area contributed by atoms with E-state index in [1.54, 1.807) is 18.9 Å². The summed E-state index contributed by atoms with van der Waals surface area (Å²) in [5.41, 5.74) is 0. The maximum atomic E-state index is 11.7. The van der Waals surface area contributed by atoms with Crippen LogP contribution in [0.1, 0.15) is 13.3 Å². The van der Waals surface area contributed by atoms with Crippen LogP contribution in [0.25, 0.3) is 0 Å². The minimum atomic E-state index is -3.12. The molecule has 0 spiro atoms. The molecule has 100 valence electrons. The predicted molar refractivity (Wildman–Crippen MR) is 64.1 cm³/mol. The summed E-state index contributed by atoms with van der Waals surface area (Å²) in [4.78, 5) is 13.4. The molecule has 17 heavy (non-hydrogen) atoms. The molecule has 0 bridgehead atoms. The highest BCUT2D eigenvalue weighted by Crippen LogP contribution is 2.08. The molecule has 0 aromatic carbocycles. The smallest absolute Gasteiger partial charge is 0.224 e. The quantitative estimate of drug-likeness (QED) is 0.672. The van der Waals surface area contributed by atoms with E-state index in [0.29, 0.717) is 39.2 Å². The van der Waals surface area contributed by atoms with E-state index in [1.807, 2.05) is 0 Å². The molecule has 1 aliphatic rings. The molecule has 0 aliphatic carbocycles. The zero-order chi connectivity index (χ0) is 12.9. The van der Waals surface area contributed by atoms with E-state index in [1.165, 1.54) is 4.31 Å². The summed E-state index contributed by atoms with van der Waals surface area (Å²) in [5.74, 6) is 0.144. The Hall–Kier alpha value is -0.660. The number of piperazine rings is 1. The Labute approximate surface area is 103 Å². The van der Waals surface area contributed by atoms with Gasteiger partial charge in [0.05, 0.1) is 18.8 Å². The second-order valence-corrected chi connectivity index (χ2v) is 6.18. The SMILES string of the molecule is CCS(=O)(=O)N1CCN(C(=O)CCOC)CC1. The zero-order valence-electron chi connectivity index (χ0n) is 10.4. The van der Waals surface area contributed by atoms with Gasteiger partial charge in [-0.3, -0.25) is 4.79 Å². The summed E-state index contributed by atoms with van der Waals surface area (Å²) >= 11 is 0. The molecule has 6 nitrogen and oxygen atoms in total. The van der Waals surface area contributed by atoms with Crippen molar-refractivity contribution in [3.8, 4) is 0 Å². The second-order valence-electron chi connectivity index (χ2n) is 3.92. The van der Waals surface area contributed by atoms with Gasteiger partial charge in [0.15, 0.2) is 0 Å². The number of methoxy groups -OCH3 is 1. The molecule has 0 atom stereocenters. The van der Waals surface area contributed by atoms with Gasteiger partial charge in [0.1, 0.15) is 0 Å². The molecule has 1 heterocycles. The molecule has 1 amide bonds. The van der Waals surface area contributed by atoms with Crippen LogP contribution >= 0.6 is 0 Å². The lowest BCUT2D eigenvalue weighted by molar-refractivity contribution is -0.133. The van der Waals surface area contributed by atoms with Gasteiger partial charge in [-0.05, 0) is 6.92 Å². The van der Waals surface area contributed by atoms with Crippen LogP contribution in [0.5, 0.6) is 0 Å². The molecule has 0 saturated carbocycles. The van der Waals surface area contributed by atoms with Crippen LogP contribution in [-0.4, -0.2) is 69.2 Å². The normalized spacial score (nSPS) is 18.4. The molecule has 0 aromatic rings. The minimum absolute atomic E-state index is 0.0281. The second kappa shape index (κ2) is 6.32. The van der Waals surface area contributed by atoms with Gasteiger partial charge in [-0.15, -0.1) is 0 Å². The van der Waals surface area contributed by atoms with Crippen LogP contribution in [0.4, 0.5) is 0 Å². The molecule has 0 N–H and O–H groups in total. The summed E-state index contributed by atoms with van der Waals surface area (Å²) in [6.45, 7) is 3.78. The Morgan fingerprint density at radius 1 is 1.24 bits per heavy atom. The van der Waals surface area contributed by atoms with Gasteiger partial charge in [-0.1, -0.05) is 0 Å². The van der Waals surface area contributed by atoms with Gasteiger partial charge in [0.25, 0.3) is 0 Å². The predicted octanol–water partition coefficient (Wildman–Crippen LogP) is -0.483. The van der Waals surface area contributed by atoms with Gasteiger partial charge in [-0.2, -0.15) is 4.31 Å². The number of carbonyl (C=O) groups excluding carboxylic acids is 1. The Morgan fingerprint density at radius 2 is 1.82 bits per heavy atom. The Balaban J connectivity index is 2.43. The molecule has 0 unspecified atom stereocenters. The highest BCUT2D eigenvalue weighted by Gasteiger charge is 2.27. The Bertz CT molecular complexity index is 347. The lowest BCUT2D eigenvalue weighted by Gasteiger charge is -2.33. The fourth-order valence-electron chi connectivity index (χ4n) is 1.75. The van der Waals surface area contributed by atoms with Crippen LogP contribution in [-0.2, 0) is 19.6 Å². The van der Waals surface area contributed by atoms with Crippen molar-refractivity contribution in [1.82, 2.24) is 9.21 Å². The average Bonchev–Trinajstić information content (AvgIpc) is 2.36. The molecular weight excluding hydrogens is 244 g/mol. The van der Waals surface area contributed by atoms with Gasteiger partial charge in [0, 0.05) is 33.3 Å². The molecule has 1 aliphatic heterocycles. The summed E-state index contributed by atoms with van der Waals surface area (Å²) in [6.07, 6.45) is 0.358.